The number of rotatable bonds is 5. The molecule has 1 amide bonds. The van der Waals surface area contributed by atoms with Crippen molar-refractivity contribution in [1.29, 1.82) is 0 Å². The summed E-state index contributed by atoms with van der Waals surface area (Å²) in [6, 6.07) is 7.26. The standard InChI is InChI=1S/C16H20BrN3O2/c1-10(20-12(3)16(17)11(2)19-20)9-15(21)18-13-5-7-14(22-4)8-6-13/h5-8,10H,9H2,1-4H3,(H,18,21). The van der Waals surface area contributed by atoms with E-state index in [-0.39, 0.29) is 11.9 Å². The van der Waals surface area contributed by atoms with E-state index in [0.29, 0.717) is 6.42 Å². The van der Waals surface area contributed by atoms with Crippen molar-refractivity contribution in [3.05, 3.63) is 40.1 Å². The molecule has 1 aromatic carbocycles. The van der Waals surface area contributed by atoms with Crippen molar-refractivity contribution in [2.75, 3.05) is 12.4 Å². The lowest BCUT2D eigenvalue weighted by Gasteiger charge is -2.14. The van der Waals surface area contributed by atoms with Gasteiger partial charge in [-0.1, -0.05) is 0 Å². The van der Waals surface area contributed by atoms with E-state index in [1.54, 1.807) is 7.11 Å². The zero-order chi connectivity index (χ0) is 16.3. The van der Waals surface area contributed by atoms with E-state index in [0.717, 1.165) is 27.3 Å². The number of aryl methyl sites for hydroxylation is 1. The van der Waals surface area contributed by atoms with Crippen LogP contribution in [0, 0.1) is 13.8 Å². The van der Waals surface area contributed by atoms with Crippen LogP contribution in [0.3, 0.4) is 0 Å². The molecule has 2 aromatic rings. The first kappa shape index (κ1) is 16.5. The van der Waals surface area contributed by atoms with E-state index in [9.17, 15) is 4.79 Å². The van der Waals surface area contributed by atoms with E-state index in [1.165, 1.54) is 0 Å². The number of anilines is 1. The molecule has 1 heterocycles. The molecule has 0 saturated carbocycles. The highest BCUT2D eigenvalue weighted by Gasteiger charge is 2.17. The molecule has 1 atom stereocenters. The summed E-state index contributed by atoms with van der Waals surface area (Å²) < 4.78 is 7.97. The Labute approximate surface area is 138 Å². The van der Waals surface area contributed by atoms with Crippen LogP contribution in [0.1, 0.15) is 30.8 Å². The molecule has 0 radical (unpaired) electrons. The van der Waals surface area contributed by atoms with Gasteiger partial charge in [0, 0.05) is 12.1 Å². The zero-order valence-corrected chi connectivity index (χ0v) is 14.8. The van der Waals surface area contributed by atoms with Gasteiger partial charge in [0.05, 0.1) is 29.0 Å². The topological polar surface area (TPSA) is 56.1 Å². The summed E-state index contributed by atoms with van der Waals surface area (Å²) in [5, 5.41) is 7.35. The predicted octanol–water partition coefficient (Wildman–Crippen LogP) is 3.86. The molecule has 118 valence electrons. The molecule has 0 aliphatic rings. The average Bonchev–Trinajstić information content (AvgIpc) is 2.75. The average molecular weight is 366 g/mol. The van der Waals surface area contributed by atoms with Crippen LogP contribution in [0.2, 0.25) is 0 Å². The number of halogens is 1. The Morgan fingerprint density at radius 1 is 1.36 bits per heavy atom. The number of nitrogens with one attached hydrogen (secondary N) is 1. The number of carbonyl (C=O) groups is 1. The van der Waals surface area contributed by atoms with Crippen molar-refractivity contribution in [2.24, 2.45) is 0 Å². The van der Waals surface area contributed by atoms with Gasteiger partial charge < -0.3 is 10.1 Å². The minimum absolute atomic E-state index is 0.0109. The number of ether oxygens (including phenoxy) is 1. The van der Waals surface area contributed by atoms with Crippen LogP contribution in [-0.2, 0) is 4.79 Å². The van der Waals surface area contributed by atoms with Gasteiger partial charge in [-0.3, -0.25) is 9.48 Å². The van der Waals surface area contributed by atoms with E-state index in [4.69, 9.17) is 4.74 Å². The number of nitrogens with zero attached hydrogens (tertiary/aromatic N) is 2. The highest BCUT2D eigenvalue weighted by Crippen LogP contribution is 2.24. The lowest BCUT2D eigenvalue weighted by Crippen LogP contribution is -2.19. The van der Waals surface area contributed by atoms with E-state index in [2.05, 4.69) is 26.3 Å². The normalized spacial score (nSPS) is 12.0. The summed E-state index contributed by atoms with van der Waals surface area (Å²) in [4.78, 5) is 12.2. The molecule has 1 N–H and O–H groups in total. The first-order valence-electron chi connectivity index (χ1n) is 7.07. The lowest BCUT2D eigenvalue weighted by atomic mass is 10.2. The maximum atomic E-state index is 12.2. The Morgan fingerprint density at radius 3 is 2.50 bits per heavy atom. The van der Waals surface area contributed by atoms with E-state index < -0.39 is 0 Å². The molecule has 22 heavy (non-hydrogen) atoms. The summed E-state index contributed by atoms with van der Waals surface area (Å²) in [7, 11) is 1.61. The lowest BCUT2D eigenvalue weighted by molar-refractivity contribution is -0.116. The number of carbonyl (C=O) groups excluding carboxylic acids is 1. The van der Waals surface area contributed by atoms with Crippen molar-refractivity contribution in [1.82, 2.24) is 9.78 Å². The Balaban J connectivity index is 2.00. The fraction of sp³-hybridized carbons (Fsp3) is 0.375. The third-order valence-corrected chi connectivity index (χ3v) is 4.66. The summed E-state index contributed by atoms with van der Waals surface area (Å²) >= 11 is 3.51. The maximum Gasteiger partial charge on any atom is 0.226 e. The Hall–Kier alpha value is -1.82. The summed E-state index contributed by atoms with van der Waals surface area (Å²) in [6.07, 6.45) is 0.362. The minimum Gasteiger partial charge on any atom is -0.497 e. The van der Waals surface area contributed by atoms with Gasteiger partial charge in [0.2, 0.25) is 5.91 Å². The molecule has 0 fully saturated rings. The Bertz CT molecular complexity index is 665. The molecule has 1 aromatic heterocycles. The third-order valence-electron chi connectivity index (χ3n) is 3.51. The largest absolute Gasteiger partial charge is 0.497 e. The van der Waals surface area contributed by atoms with Crippen LogP contribution >= 0.6 is 15.9 Å². The molecule has 0 saturated heterocycles. The Kier molecular flexibility index (Phi) is 5.24. The van der Waals surface area contributed by atoms with Crippen LogP contribution in [0.25, 0.3) is 0 Å². The van der Waals surface area contributed by atoms with Gasteiger partial charge in [0.25, 0.3) is 0 Å². The second-order valence-corrected chi connectivity index (χ2v) is 6.05. The van der Waals surface area contributed by atoms with Gasteiger partial charge in [0.15, 0.2) is 0 Å². The Morgan fingerprint density at radius 2 is 2.00 bits per heavy atom. The molecule has 0 aliphatic carbocycles. The fourth-order valence-electron chi connectivity index (χ4n) is 2.31. The van der Waals surface area contributed by atoms with Crippen LogP contribution in [0.5, 0.6) is 5.75 Å². The predicted molar refractivity (Wildman–Crippen MR) is 90.4 cm³/mol. The van der Waals surface area contributed by atoms with Gasteiger partial charge in [-0.2, -0.15) is 5.10 Å². The van der Waals surface area contributed by atoms with Crippen molar-refractivity contribution in [3.8, 4) is 5.75 Å². The summed E-state index contributed by atoms with van der Waals surface area (Å²) in [5.74, 6) is 0.722. The van der Waals surface area contributed by atoms with Crippen LogP contribution in [-0.4, -0.2) is 22.8 Å². The van der Waals surface area contributed by atoms with E-state index >= 15 is 0 Å². The minimum atomic E-state index is -0.0404. The first-order chi connectivity index (χ1) is 10.4. The molecule has 0 spiro atoms. The summed E-state index contributed by atoms with van der Waals surface area (Å²) in [5.41, 5.74) is 2.72. The second kappa shape index (κ2) is 6.96. The molecular formula is C16H20BrN3O2. The van der Waals surface area contributed by atoms with Crippen LogP contribution in [0.15, 0.2) is 28.7 Å². The van der Waals surface area contributed by atoms with Gasteiger partial charge in [0.1, 0.15) is 5.75 Å². The number of aromatic nitrogens is 2. The number of amides is 1. The number of methoxy groups -OCH3 is 1. The van der Waals surface area contributed by atoms with Crippen LogP contribution < -0.4 is 10.1 Å². The highest BCUT2D eigenvalue weighted by atomic mass is 79.9. The molecule has 6 heteroatoms. The fourth-order valence-corrected chi connectivity index (χ4v) is 2.57. The van der Waals surface area contributed by atoms with E-state index in [1.807, 2.05) is 49.7 Å². The smallest absolute Gasteiger partial charge is 0.226 e. The molecular weight excluding hydrogens is 346 g/mol. The quantitative estimate of drug-likeness (QED) is 0.874. The van der Waals surface area contributed by atoms with Crippen LogP contribution in [0.4, 0.5) is 5.69 Å². The zero-order valence-electron chi connectivity index (χ0n) is 13.2. The van der Waals surface area contributed by atoms with Crippen molar-refractivity contribution < 1.29 is 9.53 Å². The molecule has 5 nitrogen and oxygen atoms in total. The van der Waals surface area contributed by atoms with Gasteiger partial charge >= 0.3 is 0 Å². The summed E-state index contributed by atoms with van der Waals surface area (Å²) in [6.45, 7) is 5.92. The van der Waals surface area contributed by atoms with Crippen molar-refractivity contribution in [2.45, 2.75) is 33.2 Å². The molecule has 2 rings (SSSR count). The highest BCUT2D eigenvalue weighted by molar-refractivity contribution is 9.10. The van der Waals surface area contributed by atoms with Crippen molar-refractivity contribution in [3.63, 3.8) is 0 Å². The van der Waals surface area contributed by atoms with Gasteiger partial charge in [-0.05, 0) is 61.0 Å². The third kappa shape index (κ3) is 3.68. The number of hydrogen-bond acceptors (Lipinski definition) is 3. The first-order valence-corrected chi connectivity index (χ1v) is 7.86. The maximum absolute atomic E-state index is 12.2. The SMILES string of the molecule is COc1ccc(NC(=O)CC(C)n2nc(C)c(Br)c2C)cc1. The number of benzene rings is 1. The molecule has 0 aliphatic heterocycles. The molecule has 0 bridgehead atoms. The van der Waals surface area contributed by atoms with Crippen molar-refractivity contribution >= 4 is 27.5 Å². The van der Waals surface area contributed by atoms with Gasteiger partial charge in [-0.25, -0.2) is 0 Å². The molecule has 1 unspecified atom stereocenters. The number of hydrogen-bond donors (Lipinski definition) is 1. The monoisotopic (exact) mass is 365 g/mol. The second-order valence-electron chi connectivity index (χ2n) is 5.26. The van der Waals surface area contributed by atoms with Gasteiger partial charge in [-0.15, -0.1) is 0 Å².